The summed E-state index contributed by atoms with van der Waals surface area (Å²) >= 11 is 0. The van der Waals surface area contributed by atoms with Crippen LogP contribution in [0.3, 0.4) is 0 Å². The van der Waals surface area contributed by atoms with E-state index in [0.29, 0.717) is 35.5 Å². The van der Waals surface area contributed by atoms with Crippen molar-refractivity contribution in [2.75, 3.05) is 6.61 Å². The fourth-order valence-electron chi connectivity index (χ4n) is 14.1. The van der Waals surface area contributed by atoms with Gasteiger partial charge < -0.3 is 20.1 Å². The summed E-state index contributed by atoms with van der Waals surface area (Å²) in [5, 5.41) is 31.9. The third kappa shape index (κ3) is 3.07. The summed E-state index contributed by atoms with van der Waals surface area (Å²) in [5.74, 6) is 7.74. The van der Waals surface area contributed by atoms with Crippen molar-refractivity contribution < 1.29 is 33.2 Å². The molecule has 16 bridgehead atoms. The van der Waals surface area contributed by atoms with Gasteiger partial charge in [0.1, 0.15) is 6.61 Å². The van der Waals surface area contributed by atoms with Crippen LogP contribution in [0.5, 0.6) is 0 Å². The normalized spacial score (nSPS) is 66.0. The van der Waals surface area contributed by atoms with Crippen molar-refractivity contribution >= 4 is 0 Å². The van der Waals surface area contributed by atoms with E-state index in [9.17, 15) is 28.5 Å². The summed E-state index contributed by atoms with van der Waals surface area (Å²) in [6.45, 7) is -1.09. The van der Waals surface area contributed by atoms with Crippen molar-refractivity contribution in [3.8, 4) is 0 Å². The fraction of sp³-hybridized carbons (Fsp3) is 1.00. The number of hydrogen-bond donors (Lipinski definition) is 3. The lowest BCUT2D eigenvalue weighted by atomic mass is 9.34. The van der Waals surface area contributed by atoms with Crippen LogP contribution in [0.1, 0.15) is 77.0 Å². The maximum atomic E-state index is 12.5. The van der Waals surface area contributed by atoms with Gasteiger partial charge in [0.05, 0.1) is 22.4 Å². The summed E-state index contributed by atoms with van der Waals surface area (Å²) < 4.78 is 43.1. The minimum atomic E-state index is -4.23. The predicted molar refractivity (Wildman–Crippen MR) is 127 cm³/mol. The fourth-order valence-corrected chi connectivity index (χ4v) is 14.1. The van der Waals surface area contributed by atoms with Gasteiger partial charge in [0.2, 0.25) is 0 Å². The van der Waals surface area contributed by atoms with Crippen LogP contribution in [0.25, 0.3) is 0 Å². The Morgan fingerprint density at radius 2 is 0.676 bits per heavy atom. The minimum absolute atomic E-state index is 0.295. The monoisotopic (exact) mass is 522 g/mol. The standard InChI is InChI=1S/C16H21F3O2.C14H20O2/c17-16(18,19)7-21-15-4-11-8-1-14(20)2-9(11)13(6-15)10(3-14)12(8)5-15;15-13-1-7-8-4-14(16)5-9(7)11(3-13)12(6-14)10(8)2-13/h8-13,20H,1-7H2;7-12,15-16H,1-6H2. The third-order valence-electron chi connectivity index (χ3n) is 14.5. The van der Waals surface area contributed by atoms with Crippen molar-refractivity contribution in [1.82, 2.24) is 0 Å². The molecule has 14 aliphatic carbocycles. The first-order valence-electron chi connectivity index (χ1n) is 15.2. The first-order valence-corrected chi connectivity index (χ1v) is 15.2. The molecule has 0 aromatic carbocycles. The molecule has 14 saturated carbocycles. The van der Waals surface area contributed by atoms with E-state index in [1.807, 2.05) is 0 Å². The molecule has 0 aromatic rings. The summed E-state index contributed by atoms with van der Waals surface area (Å²) in [4.78, 5) is 0. The minimum Gasteiger partial charge on any atom is -0.390 e. The van der Waals surface area contributed by atoms with Crippen LogP contribution < -0.4 is 0 Å². The molecule has 0 saturated heterocycles. The molecule has 14 rings (SSSR count). The molecular formula is C30H41F3O4. The summed E-state index contributed by atoms with van der Waals surface area (Å²) in [5.41, 5.74) is -1.55. The maximum Gasteiger partial charge on any atom is 0.411 e. The number of hydrogen-bond acceptors (Lipinski definition) is 4. The molecule has 0 atom stereocenters. The van der Waals surface area contributed by atoms with Crippen molar-refractivity contribution in [3.05, 3.63) is 0 Å². The van der Waals surface area contributed by atoms with E-state index in [2.05, 4.69) is 0 Å². The molecule has 0 aliphatic heterocycles. The Bertz CT molecular complexity index is 861. The highest BCUT2D eigenvalue weighted by molar-refractivity contribution is 5.21. The molecule has 0 unspecified atom stereocenters. The Morgan fingerprint density at radius 3 is 0.892 bits per heavy atom. The zero-order valence-corrected chi connectivity index (χ0v) is 21.5. The number of alkyl halides is 3. The third-order valence-corrected chi connectivity index (χ3v) is 14.5. The van der Waals surface area contributed by atoms with Gasteiger partial charge in [0.25, 0.3) is 0 Å². The van der Waals surface area contributed by atoms with Crippen LogP contribution in [0.4, 0.5) is 13.2 Å². The van der Waals surface area contributed by atoms with Gasteiger partial charge in [-0.15, -0.1) is 0 Å². The second kappa shape index (κ2) is 6.74. The highest BCUT2D eigenvalue weighted by Crippen LogP contribution is 2.74. The van der Waals surface area contributed by atoms with E-state index >= 15 is 0 Å². The molecule has 14 fully saturated rings. The molecule has 0 heterocycles. The van der Waals surface area contributed by atoms with Gasteiger partial charge >= 0.3 is 6.18 Å². The van der Waals surface area contributed by atoms with Gasteiger partial charge in [-0.2, -0.15) is 13.2 Å². The van der Waals surface area contributed by atoms with E-state index in [1.165, 1.54) is 0 Å². The molecule has 3 N–H and O–H groups in total. The molecule has 14 aliphatic rings. The van der Waals surface area contributed by atoms with Gasteiger partial charge in [0, 0.05) is 0 Å². The Hall–Kier alpha value is -0.370. The lowest BCUT2D eigenvalue weighted by Crippen LogP contribution is -2.71. The topological polar surface area (TPSA) is 69.9 Å². The molecule has 7 heteroatoms. The summed E-state index contributed by atoms with van der Waals surface area (Å²) in [6.07, 6.45) is 7.15. The van der Waals surface area contributed by atoms with Gasteiger partial charge in [-0.25, -0.2) is 0 Å². The van der Waals surface area contributed by atoms with Crippen LogP contribution >= 0.6 is 0 Å². The van der Waals surface area contributed by atoms with Crippen LogP contribution in [-0.2, 0) is 4.74 Å². The highest BCUT2D eigenvalue weighted by atomic mass is 19.4. The van der Waals surface area contributed by atoms with Crippen LogP contribution in [-0.4, -0.2) is 50.5 Å². The first-order chi connectivity index (χ1) is 17.3. The number of halogens is 3. The van der Waals surface area contributed by atoms with Gasteiger partial charge in [-0.3, -0.25) is 0 Å². The van der Waals surface area contributed by atoms with E-state index < -0.39 is 24.0 Å². The lowest BCUT2D eigenvalue weighted by Gasteiger charge is -2.73. The van der Waals surface area contributed by atoms with Crippen LogP contribution in [0, 0.1) is 71.0 Å². The molecule has 0 aromatic heterocycles. The molecule has 0 radical (unpaired) electrons. The average molecular weight is 523 g/mol. The maximum absolute atomic E-state index is 12.5. The SMILES string of the molecule is OC12CC3C4CC5(O)CC3C(C1)C(C5)C4C2.OC12CC3C4CC5(OCC(F)(F)F)CC3C(C1)C(C5)C4C2. The molecular weight excluding hydrogens is 481 g/mol. The zero-order valence-electron chi connectivity index (χ0n) is 21.5. The van der Waals surface area contributed by atoms with Crippen molar-refractivity contribution in [2.45, 2.75) is 106 Å². The second-order valence-corrected chi connectivity index (χ2v) is 16.2. The van der Waals surface area contributed by atoms with Gasteiger partial charge in [-0.05, 0) is 148 Å². The van der Waals surface area contributed by atoms with E-state index in [4.69, 9.17) is 4.74 Å². The van der Waals surface area contributed by atoms with E-state index in [1.54, 1.807) is 0 Å². The molecule has 0 spiro atoms. The molecule has 0 amide bonds. The van der Waals surface area contributed by atoms with Gasteiger partial charge in [-0.1, -0.05) is 0 Å². The average Bonchev–Trinajstić information content (AvgIpc) is 2.82. The number of ether oxygens (including phenoxy) is 1. The Morgan fingerprint density at radius 1 is 0.459 bits per heavy atom. The number of rotatable bonds is 2. The molecule has 206 valence electrons. The van der Waals surface area contributed by atoms with Crippen molar-refractivity contribution in [3.63, 3.8) is 0 Å². The quantitative estimate of drug-likeness (QED) is 0.492. The Labute approximate surface area is 216 Å². The van der Waals surface area contributed by atoms with Crippen molar-refractivity contribution in [2.24, 2.45) is 71.0 Å². The van der Waals surface area contributed by atoms with Crippen LogP contribution in [0.15, 0.2) is 0 Å². The Kier molecular flexibility index (Phi) is 4.25. The molecule has 4 nitrogen and oxygen atoms in total. The largest absolute Gasteiger partial charge is 0.411 e. The first kappa shape index (κ1) is 23.3. The lowest BCUT2D eigenvalue weighted by molar-refractivity contribution is -0.312. The van der Waals surface area contributed by atoms with Crippen LogP contribution in [0.2, 0.25) is 0 Å². The number of aliphatic hydroxyl groups is 3. The second-order valence-electron chi connectivity index (χ2n) is 16.2. The smallest absolute Gasteiger partial charge is 0.390 e. The Balaban J connectivity index is 0.000000113. The summed E-state index contributed by atoms with van der Waals surface area (Å²) in [7, 11) is 0. The molecule has 37 heavy (non-hydrogen) atoms. The van der Waals surface area contributed by atoms with E-state index in [0.717, 1.165) is 113 Å². The van der Waals surface area contributed by atoms with E-state index in [-0.39, 0.29) is 11.2 Å². The van der Waals surface area contributed by atoms with Gasteiger partial charge in [0.15, 0.2) is 0 Å². The predicted octanol–water partition coefficient (Wildman–Crippen LogP) is 4.70. The zero-order chi connectivity index (χ0) is 25.3. The van der Waals surface area contributed by atoms with Crippen molar-refractivity contribution in [1.29, 1.82) is 0 Å². The summed E-state index contributed by atoms with van der Waals surface area (Å²) in [6, 6.07) is 0. The highest BCUT2D eigenvalue weighted by Gasteiger charge is 2.72.